The van der Waals surface area contributed by atoms with Crippen molar-refractivity contribution in [3.05, 3.63) is 172 Å². The molecule has 3 aliphatic rings. The number of nitrogens with zero attached hydrogens (tertiary/aromatic N) is 6. The number of fused-ring (bicyclic) bond motifs is 2. The fourth-order valence-corrected chi connectivity index (χ4v) is 9.07. The van der Waals surface area contributed by atoms with E-state index in [1.54, 1.807) is 110 Å². The summed E-state index contributed by atoms with van der Waals surface area (Å²) in [6.45, 7) is 6.52. The molecule has 0 amide bonds. The van der Waals surface area contributed by atoms with Crippen LogP contribution in [0.5, 0.6) is 5.75 Å². The molecule has 1 saturated carbocycles. The maximum absolute atomic E-state index is 14.1. The summed E-state index contributed by atoms with van der Waals surface area (Å²) in [4.78, 5) is 44.4. The summed E-state index contributed by atoms with van der Waals surface area (Å²) in [5.41, 5.74) is 6.04. The first-order valence-corrected chi connectivity index (χ1v) is 24.6. The van der Waals surface area contributed by atoms with E-state index in [9.17, 15) is 20.1 Å². The van der Waals surface area contributed by atoms with E-state index >= 15 is 0 Å². The summed E-state index contributed by atoms with van der Waals surface area (Å²) in [7, 11) is 0. The Morgan fingerprint density at radius 1 is 0.792 bits per heavy atom. The standard InChI is InChI=1S/C59H56N6O7/c1-3-11-40-14-20-43(21-15-40)44-22-24-45(25-23-44)53-54-57(71-50(64-54)12-9-34-62-47-28-16-41(38-60)17-29-47)58(55-56(53)70-51(65-55)13-10-35-63-48-30-18-42(39-61)19-31-48)72-59(67)46-26-32-49(33-27-46)68-36-7-5-6-8-37-69-52(66)4-2/h4,9-10,12-13,16-19,22-35,40,43,54,57H,2-3,5-8,11,14-15,20-21,36-37H2,1H3/b12-9+,13-10+,62-34+,63-35+. The third kappa shape index (κ3) is 13.1. The lowest BCUT2D eigenvalue weighted by Crippen LogP contribution is -2.45. The Labute approximate surface area is 419 Å². The van der Waals surface area contributed by atoms with E-state index in [1.165, 1.54) is 44.1 Å². The number of esters is 2. The summed E-state index contributed by atoms with van der Waals surface area (Å²) < 4.78 is 30.5. The molecule has 72 heavy (non-hydrogen) atoms. The van der Waals surface area contributed by atoms with Crippen molar-refractivity contribution < 1.29 is 33.0 Å². The minimum Gasteiger partial charge on any atom is -0.494 e. The van der Waals surface area contributed by atoms with Crippen molar-refractivity contribution in [1.29, 1.82) is 10.5 Å². The fraction of sp³-hybridized carbons (Fsp3) is 0.288. The van der Waals surface area contributed by atoms with E-state index in [0.717, 1.165) is 48.8 Å². The number of hydrogen-bond acceptors (Lipinski definition) is 13. The third-order valence-corrected chi connectivity index (χ3v) is 12.8. The molecule has 13 nitrogen and oxygen atoms in total. The summed E-state index contributed by atoms with van der Waals surface area (Å²) >= 11 is 0. The van der Waals surface area contributed by atoms with E-state index in [0.29, 0.717) is 64.0 Å². The Hall–Kier alpha value is -8.42. The second-order valence-corrected chi connectivity index (χ2v) is 17.7. The van der Waals surface area contributed by atoms with Crippen LogP contribution in [0.25, 0.3) is 17.4 Å². The van der Waals surface area contributed by atoms with Gasteiger partial charge in [0.15, 0.2) is 22.6 Å². The molecule has 0 spiro atoms. The summed E-state index contributed by atoms with van der Waals surface area (Å²) in [5, 5.41) is 18.7. The predicted octanol–water partition coefficient (Wildman–Crippen LogP) is 10.9. The average Bonchev–Trinajstić information content (AvgIpc) is 4.05. The summed E-state index contributed by atoms with van der Waals surface area (Å²) in [5.74, 6) is 1.55. The van der Waals surface area contributed by atoms with Crippen LogP contribution in [0.3, 0.4) is 0 Å². The Morgan fingerprint density at radius 3 is 2.06 bits per heavy atom. The van der Waals surface area contributed by atoms with Gasteiger partial charge in [-0.2, -0.15) is 10.5 Å². The van der Waals surface area contributed by atoms with E-state index in [2.05, 4.69) is 59.9 Å². The lowest BCUT2D eigenvalue weighted by molar-refractivity contribution is -0.137. The van der Waals surface area contributed by atoms with Gasteiger partial charge < -0.3 is 23.4 Å². The largest absolute Gasteiger partial charge is 0.494 e. The lowest BCUT2D eigenvalue weighted by Gasteiger charge is -2.29. The minimum absolute atomic E-state index is 0.150. The SMILES string of the molecule is C=CC(=O)OCCCCCCOc1ccc(C(=O)OC2=c3nc(/C=C/C=N/c4ccc(C#N)cc4)oc3=C(c3ccc(C4CCC(CCC)CC4)cc3)C3N=C(/C=C/C=N/c4ccc(C#N)cc4)OC23)cc1. The Morgan fingerprint density at radius 2 is 1.43 bits per heavy atom. The van der Waals surface area contributed by atoms with Crippen LogP contribution in [0.2, 0.25) is 0 Å². The quantitative estimate of drug-likeness (QED) is 0.0297. The van der Waals surface area contributed by atoms with Gasteiger partial charge in [-0.3, -0.25) is 9.98 Å². The van der Waals surface area contributed by atoms with Crippen molar-refractivity contribution in [3.8, 4) is 17.9 Å². The van der Waals surface area contributed by atoms with Crippen LogP contribution in [0.1, 0.15) is 116 Å². The molecule has 5 aromatic rings. The highest BCUT2D eigenvalue weighted by Gasteiger charge is 2.44. The van der Waals surface area contributed by atoms with Crippen LogP contribution in [0.4, 0.5) is 11.4 Å². The monoisotopic (exact) mass is 960 g/mol. The molecule has 8 rings (SSSR count). The van der Waals surface area contributed by atoms with Gasteiger partial charge in [-0.15, -0.1) is 0 Å². The Bertz CT molecular complexity index is 3070. The number of benzene rings is 4. The third-order valence-electron chi connectivity index (χ3n) is 12.8. The number of allylic oxidation sites excluding steroid dienone is 2. The molecule has 1 aliphatic heterocycles. The van der Waals surface area contributed by atoms with Gasteiger partial charge in [0.2, 0.25) is 11.8 Å². The van der Waals surface area contributed by atoms with Crippen LogP contribution in [-0.4, -0.2) is 60.6 Å². The van der Waals surface area contributed by atoms with Gasteiger partial charge in [-0.05, 0) is 159 Å². The molecule has 2 aliphatic carbocycles. The zero-order chi connectivity index (χ0) is 50.1. The van der Waals surface area contributed by atoms with Gasteiger partial charge in [-0.25, -0.2) is 19.6 Å². The van der Waals surface area contributed by atoms with Crippen molar-refractivity contribution in [3.63, 3.8) is 0 Å². The van der Waals surface area contributed by atoms with Gasteiger partial charge >= 0.3 is 11.9 Å². The van der Waals surface area contributed by atoms with E-state index in [1.807, 2.05) is 0 Å². The number of carbonyl (C=O) groups excluding carboxylic acids is 2. The van der Waals surface area contributed by atoms with Crippen LogP contribution in [0, 0.1) is 28.6 Å². The maximum Gasteiger partial charge on any atom is 0.343 e. The molecule has 0 bridgehead atoms. The van der Waals surface area contributed by atoms with Crippen molar-refractivity contribution >= 4 is 59.0 Å². The van der Waals surface area contributed by atoms with E-state index in [4.69, 9.17) is 33.3 Å². The molecule has 1 fully saturated rings. The molecule has 2 atom stereocenters. The van der Waals surface area contributed by atoms with Crippen LogP contribution in [-0.2, 0) is 19.0 Å². The minimum atomic E-state index is -0.892. The molecule has 0 saturated heterocycles. The molecule has 13 heteroatoms. The van der Waals surface area contributed by atoms with Gasteiger partial charge in [0.1, 0.15) is 11.8 Å². The molecule has 2 unspecified atom stereocenters. The summed E-state index contributed by atoms with van der Waals surface area (Å²) in [6.07, 6.45) is 21.0. The molecule has 364 valence electrons. The Kier molecular flexibility index (Phi) is 17.3. The zero-order valence-corrected chi connectivity index (χ0v) is 40.3. The van der Waals surface area contributed by atoms with Crippen LogP contribution < -0.4 is 15.5 Å². The zero-order valence-electron chi connectivity index (χ0n) is 40.3. The first-order chi connectivity index (χ1) is 35.3. The van der Waals surface area contributed by atoms with Crippen molar-refractivity contribution in [2.75, 3.05) is 13.2 Å². The first kappa shape index (κ1) is 50.0. The molecule has 4 aromatic carbocycles. The molecule has 1 aromatic heterocycles. The second kappa shape index (κ2) is 24.9. The predicted molar refractivity (Wildman–Crippen MR) is 278 cm³/mol. The first-order valence-electron chi connectivity index (χ1n) is 24.6. The normalized spacial score (nSPS) is 18.3. The second-order valence-electron chi connectivity index (χ2n) is 17.7. The van der Waals surface area contributed by atoms with Crippen molar-refractivity contribution in [2.45, 2.75) is 89.2 Å². The lowest BCUT2D eigenvalue weighted by atomic mass is 9.77. The molecular weight excluding hydrogens is 905 g/mol. The van der Waals surface area contributed by atoms with Gasteiger partial charge in [0.25, 0.3) is 0 Å². The Balaban J connectivity index is 1.09. The highest BCUT2D eigenvalue weighted by molar-refractivity contribution is 5.97. The van der Waals surface area contributed by atoms with E-state index in [-0.39, 0.29) is 17.2 Å². The smallest absolute Gasteiger partial charge is 0.343 e. The van der Waals surface area contributed by atoms with Gasteiger partial charge in [0.05, 0.1) is 53.4 Å². The number of oxazole rings is 1. The number of unbranched alkanes of at least 4 members (excludes halogenated alkanes) is 3. The highest BCUT2D eigenvalue weighted by Crippen LogP contribution is 2.39. The highest BCUT2D eigenvalue weighted by atomic mass is 16.6. The summed E-state index contributed by atoms with van der Waals surface area (Å²) in [6, 6.07) is 32.8. The number of ether oxygens (including phenoxy) is 4. The molecule has 0 radical (unpaired) electrons. The van der Waals surface area contributed by atoms with Gasteiger partial charge in [0, 0.05) is 36.2 Å². The van der Waals surface area contributed by atoms with Crippen LogP contribution >= 0.6 is 0 Å². The number of aromatic nitrogens is 1. The van der Waals surface area contributed by atoms with Gasteiger partial charge in [-0.1, -0.05) is 50.6 Å². The molecular formula is C59H56N6O7. The fourth-order valence-electron chi connectivity index (χ4n) is 9.07. The number of hydrogen-bond donors (Lipinski definition) is 0. The maximum atomic E-state index is 14.1. The topological polar surface area (TPSA) is 182 Å². The number of rotatable bonds is 21. The van der Waals surface area contributed by atoms with Crippen molar-refractivity contribution in [1.82, 2.24) is 4.98 Å². The van der Waals surface area contributed by atoms with Crippen molar-refractivity contribution in [2.24, 2.45) is 20.9 Å². The number of carbonyl (C=O) groups is 2. The van der Waals surface area contributed by atoms with Crippen LogP contribution in [0.15, 0.2) is 147 Å². The molecule has 0 N–H and O–H groups in total. The number of aliphatic imine (C=N–C) groups is 3. The van der Waals surface area contributed by atoms with E-state index < -0.39 is 24.1 Å². The average molecular weight is 961 g/mol. The number of nitriles is 2. The molecule has 2 heterocycles.